The van der Waals surface area contributed by atoms with Crippen LogP contribution in [0, 0.1) is 0 Å². The van der Waals surface area contributed by atoms with E-state index in [1.807, 2.05) is 30.3 Å². The van der Waals surface area contributed by atoms with Gasteiger partial charge in [0.2, 0.25) is 0 Å². The molecule has 2 aromatic rings. The minimum atomic E-state index is -0.655. The van der Waals surface area contributed by atoms with Crippen molar-refractivity contribution in [2.24, 2.45) is 5.73 Å². The molecule has 0 radical (unpaired) electrons. The second-order valence-electron chi connectivity index (χ2n) is 4.72. The highest BCUT2D eigenvalue weighted by atomic mass is 16.2. The van der Waals surface area contributed by atoms with Crippen LogP contribution in [0.25, 0.3) is 0 Å². The molecule has 0 saturated carbocycles. The molecule has 21 heavy (non-hydrogen) atoms. The van der Waals surface area contributed by atoms with Crippen molar-refractivity contribution in [2.75, 3.05) is 12.4 Å². The average molecular weight is 283 g/mol. The summed E-state index contributed by atoms with van der Waals surface area (Å²) in [5.74, 6) is -0.119. The first-order chi connectivity index (χ1) is 10.1. The normalized spacial score (nSPS) is 9.95. The molecule has 5 nitrogen and oxygen atoms in total. The molecule has 0 atom stereocenters. The lowest BCUT2D eigenvalue weighted by Crippen LogP contribution is -2.26. The Bertz CT molecular complexity index is 641. The number of hydrogen-bond acceptors (Lipinski definition) is 2. The van der Waals surface area contributed by atoms with Crippen LogP contribution in [0.3, 0.4) is 0 Å². The number of anilines is 1. The van der Waals surface area contributed by atoms with Crippen LogP contribution in [0.1, 0.15) is 15.9 Å². The zero-order valence-corrected chi connectivity index (χ0v) is 11.7. The van der Waals surface area contributed by atoms with E-state index in [4.69, 9.17) is 5.73 Å². The quantitative estimate of drug-likeness (QED) is 0.904. The molecule has 0 aromatic heterocycles. The second kappa shape index (κ2) is 6.56. The van der Waals surface area contributed by atoms with Gasteiger partial charge in [-0.2, -0.15) is 0 Å². The van der Waals surface area contributed by atoms with Gasteiger partial charge >= 0.3 is 6.03 Å². The molecule has 2 aromatic carbocycles. The number of primary amides is 1. The van der Waals surface area contributed by atoms with Gasteiger partial charge in [-0.1, -0.05) is 36.4 Å². The third-order valence-electron chi connectivity index (χ3n) is 2.99. The van der Waals surface area contributed by atoms with E-state index in [0.717, 1.165) is 5.56 Å². The molecule has 0 fully saturated rings. The summed E-state index contributed by atoms with van der Waals surface area (Å²) in [7, 11) is 1.74. The molecule has 108 valence electrons. The van der Waals surface area contributed by atoms with Crippen LogP contribution in [0.5, 0.6) is 0 Å². The van der Waals surface area contributed by atoms with Gasteiger partial charge in [-0.05, 0) is 23.8 Å². The first kappa shape index (κ1) is 14.6. The Kier molecular flexibility index (Phi) is 4.56. The summed E-state index contributed by atoms with van der Waals surface area (Å²) in [5, 5.41) is 2.46. The topological polar surface area (TPSA) is 75.4 Å². The fraction of sp³-hybridized carbons (Fsp3) is 0.125. The molecule has 0 spiro atoms. The lowest BCUT2D eigenvalue weighted by Gasteiger charge is -2.17. The average Bonchev–Trinajstić information content (AvgIpc) is 2.47. The van der Waals surface area contributed by atoms with Gasteiger partial charge in [-0.3, -0.25) is 4.79 Å². The van der Waals surface area contributed by atoms with Crippen LogP contribution in [0.15, 0.2) is 54.6 Å². The maximum Gasteiger partial charge on any atom is 0.316 e. The van der Waals surface area contributed by atoms with Crippen molar-refractivity contribution in [3.8, 4) is 0 Å². The maximum absolute atomic E-state index is 12.4. The third-order valence-corrected chi connectivity index (χ3v) is 2.99. The SMILES string of the molecule is CN(Cc1ccccc1)C(=O)c1cccc(NC(N)=O)c1. The summed E-state index contributed by atoms with van der Waals surface area (Å²) in [5.41, 5.74) is 7.12. The fourth-order valence-electron chi connectivity index (χ4n) is 2.02. The first-order valence-electron chi connectivity index (χ1n) is 6.52. The molecular formula is C16H17N3O2. The highest BCUT2D eigenvalue weighted by Gasteiger charge is 2.12. The Morgan fingerprint density at radius 3 is 2.48 bits per heavy atom. The van der Waals surface area contributed by atoms with Crippen molar-refractivity contribution >= 4 is 17.6 Å². The number of nitrogens with zero attached hydrogens (tertiary/aromatic N) is 1. The highest BCUT2D eigenvalue weighted by Crippen LogP contribution is 2.13. The van der Waals surface area contributed by atoms with Crippen LogP contribution in [0.2, 0.25) is 0 Å². The number of nitrogens with one attached hydrogen (secondary N) is 1. The van der Waals surface area contributed by atoms with Crippen LogP contribution >= 0.6 is 0 Å². The van der Waals surface area contributed by atoms with E-state index in [1.165, 1.54) is 0 Å². The van der Waals surface area contributed by atoms with E-state index < -0.39 is 6.03 Å². The highest BCUT2D eigenvalue weighted by molar-refractivity contribution is 5.96. The molecular weight excluding hydrogens is 266 g/mol. The van der Waals surface area contributed by atoms with Gasteiger partial charge < -0.3 is 16.0 Å². The molecule has 2 rings (SSSR count). The summed E-state index contributed by atoms with van der Waals surface area (Å²) >= 11 is 0. The Hall–Kier alpha value is -2.82. The van der Waals surface area contributed by atoms with E-state index in [0.29, 0.717) is 17.8 Å². The zero-order valence-electron chi connectivity index (χ0n) is 11.7. The number of benzene rings is 2. The summed E-state index contributed by atoms with van der Waals surface area (Å²) in [4.78, 5) is 24.8. The van der Waals surface area contributed by atoms with Gasteiger partial charge in [-0.25, -0.2) is 4.79 Å². The number of urea groups is 1. The lowest BCUT2D eigenvalue weighted by atomic mass is 10.1. The summed E-state index contributed by atoms with van der Waals surface area (Å²) in [6.07, 6.45) is 0. The second-order valence-corrected chi connectivity index (χ2v) is 4.72. The number of rotatable bonds is 4. The fourth-order valence-corrected chi connectivity index (χ4v) is 2.02. The van der Waals surface area contributed by atoms with Gasteiger partial charge in [0.05, 0.1) is 0 Å². The van der Waals surface area contributed by atoms with Crippen molar-refractivity contribution in [3.05, 3.63) is 65.7 Å². The number of carbonyl (C=O) groups is 2. The van der Waals surface area contributed by atoms with Crippen molar-refractivity contribution in [2.45, 2.75) is 6.54 Å². The molecule has 0 aliphatic rings. The van der Waals surface area contributed by atoms with Gasteiger partial charge in [0.25, 0.3) is 5.91 Å². The van der Waals surface area contributed by atoms with Crippen LogP contribution in [-0.4, -0.2) is 23.9 Å². The number of hydrogen-bond donors (Lipinski definition) is 2. The van der Waals surface area contributed by atoms with E-state index in [-0.39, 0.29) is 5.91 Å². The van der Waals surface area contributed by atoms with E-state index in [1.54, 1.807) is 36.2 Å². The summed E-state index contributed by atoms with van der Waals surface area (Å²) in [6.45, 7) is 0.521. The number of nitrogens with two attached hydrogens (primary N) is 1. The summed E-state index contributed by atoms with van der Waals surface area (Å²) in [6, 6.07) is 15.8. The van der Waals surface area contributed by atoms with Gasteiger partial charge in [0, 0.05) is 24.8 Å². The minimum Gasteiger partial charge on any atom is -0.351 e. The third kappa shape index (κ3) is 4.07. The molecule has 0 unspecified atom stereocenters. The van der Waals surface area contributed by atoms with Crippen molar-refractivity contribution in [3.63, 3.8) is 0 Å². The molecule has 0 aliphatic heterocycles. The molecule has 3 N–H and O–H groups in total. The zero-order chi connectivity index (χ0) is 15.2. The van der Waals surface area contributed by atoms with Gasteiger partial charge in [0.15, 0.2) is 0 Å². The number of amides is 3. The number of carbonyl (C=O) groups excluding carboxylic acids is 2. The van der Waals surface area contributed by atoms with Crippen molar-refractivity contribution in [1.82, 2.24) is 4.90 Å². The Morgan fingerprint density at radius 2 is 1.81 bits per heavy atom. The lowest BCUT2D eigenvalue weighted by molar-refractivity contribution is 0.0785. The molecule has 0 saturated heterocycles. The minimum absolute atomic E-state index is 0.119. The van der Waals surface area contributed by atoms with E-state index >= 15 is 0 Å². The monoisotopic (exact) mass is 283 g/mol. The first-order valence-corrected chi connectivity index (χ1v) is 6.52. The van der Waals surface area contributed by atoms with Crippen molar-refractivity contribution in [1.29, 1.82) is 0 Å². The smallest absolute Gasteiger partial charge is 0.316 e. The van der Waals surface area contributed by atoms with Gasteiger partial charge in [0.1, 0.15) is 0 Å². The Balaban J connectivity index is 2.10. The van der Waals surface area contributed by atoms with E-state index in [2.05, 4.69) is 5.32 Å². The predicted octanol–water partition coefficient (Wildman–Crippen LogP) is 2.45. The summed E-state index contributed by atoms with van der Waals surface area (Å²) < 4.78 is 0. The molecule has 5 heteroatoms. The Labute approximate surface area is 123 Å². The molecule has 0 heterocycles. The van der Waals surface area contributed by atoms with Crippen LogP contribution in [-0.2, 0) is 6.54 Å². The molecule has 3 amide bonds. The predicted molar refractivity (Wildman–Crippen MR) is 81.9 cm³/mol. The van der Waals surface area contributed by atoms with Crippen LogP contribution < -0.4 is 11.1 Å². The molecule has 0 aliphatic carbocycles. The largest absolute Gasteiger partial charge is 0.351 e. The molecule has 0 bridgehead atoms. The Morgan fingerprint density at radius 1 is 1.10 bits per heavy atom. The standard InChI is InChI=1S/C16H17N3O2/c1-19(11-12-6-3-2-4-7-12)15(20)13-8-5-9-14(10-13)18-16(17)21/h2-10H,11H2,1H3,(H3,17,18,21). The van der Waals surface area contributed by atoms with Crippen LogP contribution in [0.4, 0.5) is 10.5 Å². The van der Waals surface area contributed by atoms with Crippen molar-refractivity contribution < 1.29 is 9.59 Å². The van der Waals surface area contributed by atoms with E-state index in [9.17, 15) is 9.59 Å². The van der Waals surface area contributed by atoms with Gasteiger partial charge in [-0.15, -0.1) is 0 Å². The maximum atomic E-state index is 12.4.